The lowest BCUT2D eigenvalue weighted by molar-refractivity contribution is 0.626. The molecule has 2 rings (SSSR count). The van der Waals surface area contributed by atoms with E-state index in [2.05, 4.69) is 32.9 Å². The number of thiazole rings is 1. The van der Waals surface area contributed by atoms with E-state index in [0.717, 1.165) is 29.5 Å². The van der Waals surface area contributed by atoms with Gasteiger partial charge in [0.2, 0.25) is 0 Å². The second kappa shape index (κ2) is 5.07. The molecule has 0 unspecified atom stereocenters. The molecular weight excluding hydrogens is 222 g/mol. The third kappa shape index (κ3) is 2.57. The van der Waals surface area contributed by atoms with Gasteiger partial charge in [-0.1, -0.05) is 12.1 Å². The SMILES string of the molecule is CCc1csc(NCc2cn(CC)nn2)n1. The van der Waals surface area contributed by atoms with Crippen LogP contribution < -0.4 is 5.32 Å². The van der Waals surface area contributed by atoms with Crippen LogP contribution in [0.4, 0.5) is 5.13 Å². The third-order valence-electron chi connectivity index (χ3n) is 2.24. The number of anilines is 1. The summed E-state index contributed by atoms with van der Waals surface area (Å²) in [4.78, 5) is 4.42. The molecule has 0 bridgehead atoms. The van der Waals surface area contributed by atoms with Crippen LogP contribution in [0.5, 0.6) is 0 Å². The average molecular weight is 237 g/mol. The number of hydrogen-bond acceptors (Lipinski definition) is 5. The predicted octanol–water partition coefficient (Wildman–Crippen LogP) is 1.93. The molecule has 0 saturated heterocycles. The van der Waals surface area contributed by atoms with Crippen molar-refractivity contribution in [2.45, 2.75) is 33.4 Å². The molecule has 0 saturated carbocycles. The number of aromatic nitrogens is 4. The molecule has 0 radical (unpaired) electrons. The molecule has 0 spiro atoms. The van der Waals surface area contributed by atoms with Crippen molar-refractivity contribution in [3.63, 3.8) is 0 Å². The third-order valence-corrected chi connectivity index (χ3v) is 3.09. The van der Waals surface area contributed by atoms with Crippen molar-refractivity contribution in [1.29, 1.82) is 0 Å². The van der Waals surface area contributed by atoms with Gasteiger partial charge < -0.3 is 5.32 Å². The Bertz CT molecular complexity index is 405. The first-order chi connectivity index (χ1) is 7.81. The van der Waals surface area contributed by atoms with Gasteiger partial charge >= 0.3 is 0 Å². The van der Waals surface area contributed by atoms with Crippen LogP contribution in [-0.4, -0.2) is 20.0 Å². The Hall–Kier alpha value is -1.43. The van der Waals surface area contributed by atoms with Gasteiger partial charge in [0.25, 0.3) is 0 Å². The van der Waals surface area contributed by atoms with Gasteiger partial charge in [-0.2, -0.15) is 0 Å². The largest absolute Gasteiger partial charge is 0.356 e. The molecule has 0 aromatic carbocycles. The van der Waals surface area contributed by atoms with Gasteiger partial charge in [0, 0.05) is 11.9 Å². The van der Waals surface area contributed by atoms with E-state index in [1.807, 2.05) is 17.8 Å². The molecule has 0 aliphatic heterocycles. The summed E-state index contributed by atoms with van der Waals surface area (Å²) >= 11 is 1.63. The molecule has 6 heteroatoms. The zero-order chi connectivity index (χ0) is 11.4. The smallest absolute Gasteiger partial charge is 0.183 e. The summed E-state index contributed by atoms with van der Waals surface area (Å²) in [6.07, 6.45) is 2.92. The zero-order valence-electron chi connectivity index (χ0n) is 9.47. The Morgan fingerprint density at radius 3 is 2.88 bits per heavy atom. The zero-order valence-corrected chi connectivity index (χ0v) is 10.3. The Morgan fingerprint density at radius 1 is 1.38 bits per heavy atom. The molecule has 16 heavy (non-hydrogen) atoms. The minimum Gasteiger partial charge on any atom is -0.356 e. The van der Waals surface area contributed by atoms with Crippen LogP contribution in [0.1, 0.15) is 25.2 Å². The molecule has 2 aromatic heterocycles. The van der Waals surface area contributed by atoms with Gasteiger partial charge in [-0.05, 0) is 13.3 Å². The van der Waals surface area contributed by atoms with Crippen LogP contribution in [0.2, 0.25) is 0 Å². The van der Waals surface area contributed by atoms with Gasteiger partial charge in [-0.25, -0.2) is 4.98 Å². The predicted molar refractivity (Wildman–Crippen MR) is 64.5 cm³/mol. The summed E-state index contributed by atoms with van der Waals surface area (Å²) in [6.45, 7) is 5.67. The van der Waals surface area contributed by atoms with Crippen LogP contribution in [-0.2, 0) is 19.5 Å². The first kappa shape index (κ1) is 11.1. The lowest BCUT2D eigenvalue weighted by Gasteiger charge is -1.97. The molecule has 2 aromatic rings. The second-order valence-electron chi connectivity index (χ2n) is 3.42. The Kier molecular flexibility index (Phi) is 3.51. The standard InChI is InChI=1S/C10H15N5S/c1-3-8-7-16-10(12-8)11-5-9-6-15(4-2)14-13-9/h6-7H,3-5H2,1-2H3,(H,11,12). The first-order valence-corrected chi connectivity index (χ1v) is 6.27. The fraction of sp³-hybridized carbons (Fsp3) is 0.500. The van der Waals surface area contributed by atoms with Crippen LogP contribution in [0.3, 0.4) is 0 Å². The molecular formula is C10H15N5S. The topological polar surface area (TPSA) is 55.6 Å². The molecule has 1 N–H and O–H groups in total. The highest BCUT2D eigenvalue weighted by molar-refractivity contribution is 7.13. The van der Waals surface area contributed by atoms with E-state index in [0.29, 0.717) is 6.54 Å². The molecule has 0 aliphatic rings. The molecule has 0 aliphatic carbocycles. The highest BCUT2D eigenvalue weighted by Gasteiger charge is 2.02. The average Bonchev–Trinajstić information content (AvgIpc) is 2.95. The fourth-order valence-corrected chi connectivity index (χ4v) is 2.08. The molecule has 5 nitrogen and oxygen atoms in total. The summed E-state index contributed by atoms with van der Waals surface area (Å²) in [6, 6.07) is 0. The second-order valence-corrected chi connectivity index (χ2v) is 4.27. The maximum atomic E-state index is 4.42. The van der Waals surface area contributed by atoms with Crippen molar-refractivity contribution in [2.75, 3.05) is 5.32 Å². The maximum absolute atomic E-state index is 4.42. The Morgan fingerprint density at radius 2 is 2.25 bits per heavy atom. The molecule has 0 amide bonds. The van der Waals surface area contributed by atoms with E-state index in [-0.39, 0.29) is 0 Å². The summed E-state index contributed by atoms with van der Waals surface area (Å²) in [7, 11) is 0. The van der Waals surface area contributed by atoms with Crippen LogP contribution >= 0.6 is 11.3 Å². The monoisotopic (exact) mass is 237 g/mol. The normalized spacial score (nSPS) is 10.6. The number of rotatable bonds is 5. The van der Waals surface area contributed by atoms with Crippen molar-refractivity contribution < 1.29 is 0 Å². The quantitative estimate of drug-likeness (QED) is 0.863. The van der Waals surface area contributed by atoms with Crippen molar-refractivity contribution >= 4 is 16.5 Å². The van der Waals surface area contributed by atoms with E-state index < -0.39 is 0 Å². The Balaban J connectivity index is 1.91. The lowest BCUT2D eigenvalue weighted by Crippen LogP contribution is -1.99. The first-order valence-electron chi connectivity index (χ1n) is 5.39. The van der Waals surface area contributed by atoms with Crippen molar-refractivity contribution in [1.82, 2.24) is 20.0 Å². The van der Waals surface area contributed by atoms with Gasteiger partial charge in [0.05, 0.1) is 18.4 Å². The highest BCUT2D eigenvalue weighted by Crippen LogP contribution is 2.16. The molecule has 2 heterocycles. The maximum Gasteiger partial charge on any atom is 0.183 e. The molecule has 0 fully saturated rings. The van der Waals surface area contributed by atoms with Crippen LogP contribution in [0, 0.1) is 0 Å². The van der Waals surface area contributed by atoms with Gasteiger partial charge in [-0.3, -0.25) is 4.68 Å². The molecule has 0 atom stereocenters. The van der Waals surface area contributed by atoms with E-state index in [9.17, 15) is 0 Å². The minimum absolute atomic E-state index is 0.677. The van der Waals surface area contributed by atoms with Crippen molar-refractivity contribution in [2.24, 2.45) is 0 Å². The van der Waals surface area contributed by atoms with E-state index in [1.165, 1.54) is 0 Å². The highest BCUT2D eigenvalue weighted by atomic mass is 32.1. The van der Waals surface area contributed by atoms with Crippen LogP contribution in [0.15, 0.2) is 11.6 Å². The van der Waals surface area contributed by atoms with Gasteiger partial charge in [-0.15, -0.1) is 16.4 Å². The summed E-state index contributed by atoms with van der Waals surface area (Å²) in [5, 5.41) is 14.3. The molecule has 86 valence electrons. The summed E-state index contributed by atoms with van der Waals surface area (Å²) < 4.78 is 1.82. The number of hydrogen-bond donors (Lipinski definition) is 1. The van der Waals surface area contributed by atoms with E-state index in [4.69, 9.17) is 0 Å². The van der Waals surface area contributed by atoms with Gasteiger partial charge in [0.15, 0.2) is 5.13 Å². The van der Waals surface area contributed by atoms with Crippen molar-refractivity contribution in [3.05, 3.63) is 23.0 Å². The van der Waals surface area contributed by atoms with Gasteiger partial charge in [0.1, 0.15) is 5.69 Å². The number of nitrogens with zero attached hydrogens (tertiary/aromatic N) is 4. The van der Waals surface area contributed by atoms with Crippen molar-refractivity contribution in [3.8, 4) is 0 Å². The summed E-state index contributed by atoms with van der Waals surface area (Å²) in [5.41, 5.74) is 2.07. The Labute approximate surface area is 98.5 Å². The lowest BCUT2D eigenvalue weighted by atomic mass is 10.4. The summed E-state index contributed by atoms with van der Waals surface area (Å²) in [5.74, 6) is 0. The fourth-order valence-electron chi connectivity index (χ4n) is 1.29. The number of nitrogens with one attached hydrogen (secondary N) is 1. The van der Waals surface area contributed by atoms with E-state index in [1.54, 1.807) is 11.3 Å². The van der Waals surface area contributed by atoms with E-state index >= 15 is 0 Å². The number of aryl methyl sites for hydroxylation is 2. The van der Waals surface area contributed by atoms with Crippen LogP contribution in [0.25, 0.3) is 0 Å². The minimum atomic E-state index is 0.677.